The average Bonchev–Trinajstić information content (AvgIpc) is 2.54. The molecule has 1 atom stereocenters. The highest BCUT2D eigenvalue weighted by molar-refractivity contribution is 5.32. The van der Waals surface area contributed by atoms with Crippen LogP contribution in [0.3, 0.4) is 0 Å². The van der Waals surface area contributed by atoms with Crippen LogP contribution < -0.4 is 5.32 Å². The zero-order valence-electron chi connectivity index (χ0n) is 13.6. The van der Waals surface area contributed by atoms with Gasteiger partial charge in [-0.1, -0.05) is 44.0 Å². The Morgan fingerprint density at radius 3 is 2.67 bits per heavy atom. The third-order valence-electron chi connectivity index (χ3n) is 5.69. The summed E-state index contributed by atoms with van der Waals surface area (Å²) in [5.74, 6) is 1.77. The van der Waals surface area contributed by atoms with Gasteiger partial charge in [-0.05, 0) is 67.9 Å². The molecule has 0 heterocycles. The first kappa shape index (κ1) is 15.1. The fourth-order valence-corrected chi connectivity index (χ4v) is 4.44. The molecular formula is C20H31N. The van der Waals surface area contributed by atoms with E-state index >= 15 is 0 Å². The highest BCUT2D eigenvalue weighted by atomic mass is 14.9. The Labute approximate surface area is 130 Å². The Morgan fingerprint density at radius 1 is 1.05 bits per heavy atom. The molecule has 0 spiro atoms. The smallest absolute Gasteiger partial charge is 0.00675 e. The van der Waals surface area contributed by atoms with Crippen molar-refractivity contribution >= 4 is 0 Å². The largest absolute Gasteiger partial charge is 0.313 e. The number of rotatable bonds is 5. The molecule has 0 saturated heterocycles. The van der Waals surface area contributed by atoms with Crippen LogP contribution >= 0.6 is 0 Å². The summed E-state index contributed by atoms with van der Waals surface area (Å²) >= 11 is 0. The molecule has 21 heavy (non-hydrogen) atoms. The molecule has 0 amide bonds. The fraction of sp³-hybridized carbons (Fsp3) is 0.700. The van der Waals surface area contributed by atoms with Gasteiger partial charge in [0.2, 0.25) is 0 Å². The fourth-order valence-electron chi connectivity index (χ4n) is 4.44. The van der Waals surface area contributed by atoms with Gasteiger partial charge >= 0.3 is 0 Å². The number of hydrogen-bond acceptors (Lipinski definition) is 1. The lowest BCUT2D eigenvalue weighted by Gasteiger charge is -2.32. The van der Waals surface area contributed by atoms with Crippen LogP contribution in [0.1, 0.15) is 75.3 Å². The normalized spacial score (nSPS) is 29.1. The van der Waals surface area contributed by atoms with E-state index in [1.165, 1.54) is 64.3 Å². The first-order valence-corrected chi connectivity index (χ1v) is 9.18. The number of aryl methyl sites for hydroxylation is 1. The van der Waals surface area contributed by atoms with Crippen LogP contribution in [0.4, 0.5) is 0 Å². The van der Waals surface area contributed by atoms with Crippen molar-refractivity contribution in [3.8, 4) is 0 Å². The van der Waals surface area contributed by atoms with Gasteiger partial charge in [0.05, 0.1) is 0 Å². The van der Waals surface area contributed by atoms with E-state index in [4.69, 9.17) is 0 Å². The van der Waals surface area contributed by atoms with Crippen molar-refractivity contribution in [2.75, 3.05) is 6.54 Å². The van der Waals surface area contributed by atoms with E-state index in [-0.39, 0.29) is 0 Å². The molecule has 0 aliphatic heterocycles. The summed E-state index contributed by atoms with van der Waals surface area (Å²) in [6.07, 6.45) is 12.5. The van der Waals surface area contributed by atoms with E-state index in [0.29, 0.717) is 0 Å². The first-order valence-electron chi connectivity index (χ1n) is 9.18. The summed E-state index contributed by atoms with van der Waals surface area (Å²) in [6.45, 7) is 3.52. The Kier molecular flexibility index (Phi) is 5.35. The van der Waals surface area contributed by atoms with Crippen LogP contribution in [0.15, 0.2) is 24.3 Å². The second-order valence-electron chi connectivity index (χ2n) is 7.20. The third kappa shape index (κ3) is 3.88. The molecule has 2 aliphatic carbocycles. The minimum absolute atomic E-state index is 0.753. The maximum Gasteiger partial charge on any atom is 0.00675 e. The molecule has 116 valence electrons. The highest BCUT2D eigenvalue weighted by Crippen LogP contribution is 2.32. The predicted molar refractivity (Wildman–Crippen MR) is 90.8 cm³/mol. The maximum absolute atomic E-state index is 3.89. The summed E-state index contributed by atoms with van der Waals surface area (Å²) in [7, 11) is 0. The molecule has 1 saturated carbocycles. The summed E-state index contributed by atoms with van der Waals surface area (Å²) in [5, 5.41) is 3.89. The van der Waals surface area contributed by atoms with Gasteiger partial charge in [0.25, 0.3) is 0 Å². The predicted octanol–water partition coefficient (Wildman–Crippen LogP) is 5.06. The lowest BCUT2D eigenvalue weighted by Crippen LogP contribution is -2.36. The quantitative estimate of drug-likeness (QED) is 0.798. The van der Waals surface area contributed by atoms with Crippen LogP contribution in [0, 0.1) is 5.92 Å². The van der Waals surface area contributed by atoms with Gasteiger partial charge in [-0.3, -0.25) is 0 Å². The molecule has 1 aromatic rings. The van der Waals surface area contributed by atoms with Gasteiger partial charge in [-0.2, -0.15) is 0 Å². The molecule has 1 unspecified atom stereocenters. The SMILES string of the molecule is CCCC1CCC(NCC2CCCc3ccccc32)CC1. The molecule has 1 heteroatoms. The van der Waals surface area contributed by atoms with Crippen molar-refractivity contribution in [3.05, 3.63) is 35.4 Å². The van der Waals surface area contributed by atoms with E-state index in [0.717, 1.165) is 17.9 Å². The first-order chi connectivity index (χ1) is 10.4. The number of hydrogen-bond donors (Lipinski definition) is 1. The molecule has 3 rings (SSSR count). The molecule has 0 aromatic heterocycles. The van der Waals surface area contributed by atoms with Gasteiger partial charge in [0.15, 0.2) is 0 Å². The molecule has 1 aromatic carbocycles. The number of nitrogens with one attached hydrogen (secondary N) is 1. The van der Waals surface area contributed by atoms with Crippen LogP contribution in [0.5, 0.6) is 0 Å². The van der Waals surface area contributed by atoms with E-state index in [1.807, 2.05) is 0 Å². The zero-order valence-corrected chi connectivity index (χ0v) is 13.6. The minimum atomic E-state index is 0.753. The summed E-state index contributed by atoms with van der Waals surface area (Å²) < 4.78 is 0. The van der Waals surface area contributed by atoms with E-state index in [2.05, 4.69) is 36.5 Å². The van der Waals surface area contributed by atoms with Gasteiger partial charge in [0, 0.05) is 12.6 Å². The van der Waals surface area contributed by atoms with Crippen molar-refractivity contribution in [1.82, 2.24) is 5.32 Å². The summed E-state index contributed by atoms with van der Waals surface area (Å²) in [4.78, 5) is 0. The standard InChI is InChI=1S/C20H31N/c1-2-6-16-11-13-19(14-12-16)21-15-18-9-5-8-17-7-3-4-10-20(17)18/h3-4,7,10,16,18-19,21H,2,5-6,8-9,11-15H2,1H3. The lowest BCUT2D eigenvalue weighted by atomic mass is 9.81. The topological polar surface area (TPSA) is 12.0 Å². The van der Waals surface area contributed by atoms with Crippen LogP contribution in [-0.2, 0) is 6.42 Å². The Hall–Kier alpha value is -0.820. The second-order valence-corrected chi connectivity index (χ2v) is 7.20. The van der Waals surface area contributed by atoms with Gasteiger partial charge in [0.1, 0.15) is 0 Å². The average molecular weight is 285 g/mol. The van der Waals surface area contributed by atoms with Crippen molar-refractivity contribution in [3.63, 3.8) is 0 Å². The van der Waals surface area contributed by atoms with Crippen molar-refractivity contribution < 1.29 is 0 Å². The maximum atomic E-state index is 3.89. The third-order valence-corrected chi connectivity index (χ3v) is 5.69. The second kappa shape index (κ2) is 7.45. The van der Waals surface area contributed by atoms with Crippen molar-refractivity contribution in [2.24, 2.45) is 5.92 Å². The van der Waals surface area contributed by atoms with Crippen molar-refractivity contribution in [2.45, 2.75) is 76.7 Å². The van der Waals surface area contributed by atoms with Crippen LogP contribution in [-0.4, -0.2) is 12.6 Å². The van der Waals surface area contributed by atoms with Gasteiger partial charge < -0.3 is 5.32 Å². The molecule has 0 radical (unpaired) electrons. The van der Waals surface area contributed by atoms with Crippen LogP contribution in [0.25, 0.3) is 0 Å². The van der Waals surface area contributed by atoms with Crippen LogP contribution in [0.2, 0.25) is 0 Å². The van der Waals surface area contributed by atoms with Gasteiger partial charge in [-0.25, -0.2) is 0 Å². The van der Waals surface area contributed by atoms with E-state index < -0.39 is 0 Å². The van der Waals surface area contributed by atoms with E-state index in [1.54, 1.807) is 11.1 Å². The molecular weight excluding hydrogens is 254 g/mol. The molecule has 2 aliphatic rings. The molecule has 0 bridgehead atoms. The van der Waals surface area contributed by atoms with Gasteiger partial charge in [-0.15, -0.1) is 0 Å². The summed E-state index contributed by atoms with van der Waals surface area (Å²) in [6, 6.07) is 9.89. The number of fused-ring (bicyclic) bond motifs is 1. The molecule has 1 N–H and O–H groups in total. The van der Waals surface area contributed by atoms with E-state index in [9.17, 15) is 0 Å². The Balaban J connectivity index is 1.48. The number of benzene rings is 1. The Morgan fingerprint density at radius 2 is 1.86 bits per heavy atom. The molecule has 1 fully saturated rings. The lowest BCUT2D eigenvalue weighted by molar-refractivity contribution is 0.274. The zero-order chi connectivity index (χ0) is 14.5. The highest BCUT2D eigenvalue weighted by Gasteiger charge is 2.23. The minimum Gasteiger partial charge on any atom is -0.313 e. The monoisotopic (exact) mass is 285 g/mol. The Bertz CT molecular complexity index is 431. The van der Waals surface area contributed by atoms with Crippen molar-refractivity contribution in [1.29, 1.82) is 0 Å². The summed E-state index contributed by atoms with van der Waals surface area (Å²) in [5.41, 5.74) is 3.22. The molecule has 1 nitrogen and oxygen atoms in total.